The zero-order valence-electron chi connectivity index (χ0n) is 15.5. The fourth-order valence-corrected chi connectivity index (χ4v) is 4.89. The van der Waals surface area contributed by atoms with Crippen LogP contribution >= 0.6 is 0 Å². The lowest BCUT2D eigenvalue weighted by atomic mass is 9.84. The molecule has 2 fully saturated rings. The number of amides is 1. The minimum atomic E-state index is 0.287. The summed E-state index contributed by atoms with van der Waals surface area (Å²) < 4.78 is 0. The van der Waals surface area contributed by atoms with Crippen molar-refractivity contribution >= 4 is 5.91 Å². The third-order valence-corrected chi connectivity index (χ3v) is 6.49. The van der Waals surface area contributed by atoms with Gasteiger partial charge in [-0.1, -0.05) is 79.9 Å². The van der Waals surface area contributed by atoms with Crippen LogP contribution in [0, 0.1) is 11.3 Å². The Morgan fingerprint density at radius 1 is 0.923 bits per heavy atom. The van der Waals surface area contributed by atoms with Crippen molar-refractivity contribution in [1.29, 1.82) is 0 Å². The van der Waals surface area contributed by atoms with Gasteiger partial charge in [-0.2, -0.15) is 0 Å². The average molecular weight is 348 g/mol. The largest absolute Gasteiger partial charge is 0.356 e. The summed E-state index contributed by atoms with van der Waals surface area (Å²) in [7, 11) is 0. The van der Waals surface area contributed by atoms with Gasteiger partial charge in [-0.15, -0.1) is 0 Å². The van der Waals surface area contributed by atoms with Crippen LogP contribution in [-0.4, -0.2) is 12.5 Å². The van der Waals surface area contributed by atoms with Crippen molar-refractivity contribution in [3.63, 3.8) is 0 Å². The molecule has 1 spiro atoms. The maximum Gasteiger partial charge on any atom is 0.223 e. The maximum absolute atomic E-state index is 12.6. The molecule has 1 atom stereocenters. The molecule has 136 valence electrons. The van der Waals surface area contributed by atoms with E-state index in [4.69, 9.17) is 0 Å². The third kappa shape index (κ3) is 3.70. The molecule has 2 aliphatic carbocycles. The monoisotopic (exact) mass is 347 g/mol. The van der Waals surface area contributed by atoms with Gasteiger partial charge < -0.3 is 5.32 Å². The molecule has 0 aliphatic heterocycles. The van der Waals surface area contributed by atoms with E-state index in [9.17, 15) is 4.79 Å². The van der Waals surface area contributed by atoms with Crippen LogP contribution in [0.5, 0.6) is 0 Å². The summed E-state index contributed by atoms with van der Waals surface area (Å²) in [5.41, 5.74) is 3.02. The molecule has 1 amide bonds. The van der Waals surface area contributed by atoms with Gasteiger partial charge in [-0.05, 0) is 42.2 Å². The second-order valence-electron chi connectivity index (χ2n) is 8.13. The average Bonchev–Trinajstić information content (AvgIpc) is 3.40. The maximum atomic E-state index is 12.6. The summed E-state index contributed by atoms with van der Waals surface area (Å²) in [5.74, 6) is 0.919. The molecule has 4 rings (SSSR count). The Kier molecular flexibility index (Phi) is 5.10. The Labute approximate surface area is 157 Å². The molecule has 1 N–H and O–H groups in total. The molecule has 2 aliphatic rings. The third-order valence-electron chi connectivity index (χ3n) is 6.49. The Morgan fingerprint density at radius 3 is 2.08 bits per heavy atom. The topological polar surface area (TPSA) is 29.1 Å². The summed E-state index contributed by atoms with van der Waals surface area (Å²) in [6, 6.07) is 21.3. The number of carbonyl (C=O) groups excluding carboxylic acids is 1. The summed E-state index contributed by atoms with van der Waals surface area (Å²) >= 11 is 0. The first-order chi connectivity index (χ1) is 12.8. The molecule has 0 aromatic heterocycles. The van der Waals surface area contributed by atoms with Crippen LogP contribution in [0.2, 0.25) is 0 Å². The highest BCUT2D eigenvalue weighted by Crippen LogP contribution is 2.61. The second-order valence-corrected chi connectivity index (χ2v) is 8.13. The molecule has 0 bridgehead atoms. The Hall–Kier alpha value is -2.09. The number of rotatable bonds is 6. The molecule has 2 heteroatoms. The number of hydrogen-bond acceptors (Lipinski definition) is 1. The molecule has 2 aromatic rings. The van der Waals surface area contributed by atoms with Crippen molar-refractivity contribution < 1.29 is 4.79 Å². The van der Waals surface area contributed by atoms with Gasteiger partial charge in [-0.25, -0.2) is 0 Å². The van der Waals surface area contributed by atoms with Crippen LogP contribution in [0.15, 0.2) is 60.7 Å². The SMILES string of the molecule is O=C(NCCC(c1ccccc1)c1ccccc1)[C@H]1CC12CCCCC2. The van der Waals surface area contributed by atoms with E-state index in [1.54, 1.807) is 0 Å². The quantitative estimate of drug-likeness (QED) is 0.755. The van der Waals surface area contributed by atoms with Crippen molar-refractivity contribution in [3.05, 3.63) is 71.8 Å². The van der Waals surface area contributed by atoms with Crippen LogP contribution in [0.1, 0.15) is 62.0 Å². The molecule has 26 heavy (non-hydrogen) atoms. The zero-order chi connectivity index (χ0) is 17.8. The van der Waals surface area contributed by atoms with Crippen molar-refractivity contribution in [2.24, 2.45) is 11.3 Å². The van der Waals surface area contributed by atoms with Crippen LogP contribution in [0.25, 0.3) is 0 Å². The molecular formula is C24H29NO. The van der Waals surface area contributed by atoms with Gasteiger partial charge >= 0.3 is 0 Å². The number of carbonyl (C=O) groups is 1. The molecule has 2 nitrogen and oxygen atoms in total. The molecule has 0 radical (unpaired) electrons. The van der Waals surface area contributed by atoms with Crippen LogP contribution in [0.3, 0.4) is 0 Å². The minimum Gasteiger partial charge on any atom is -0.356 e. The van der Waals surface area contributed by atoms with Gasteiger partial charge in [0, 0.05) is 18.4 Å². The van der Waals surface area contributed by atoms with Crippen molar-refractivity contribution in [3.8, 4) is 0 Å². The van der Waals surface area contributed by atoms with Gasteiger partial charge in [0.05, 0.1) is 0 Å². The first kappa shape index (κ1) is 17.3. The minimum absolute atomic E-state index is 0.287. The molecule has 2 aromatic carbocycles. The lowest BCUT2D eigenvalue weighted by Crippen LogP contribution is -2.29. The Bertz CT molecular complexity index is 679. The smallest absolute Gasteiger partial charge is 0.223 e. The lowest BCUT2D eigenvalue weighted by molar-refractivity contribution is -0.123. The molecule has 2 saturated carbocycles. The van der Waals surface area contributed by atoms with Gasteiger partial charge in [0.25, 0.3) is 0 Å². The predicted molar refractivity (Wildman–Crippen MR) is 106 cm³/mol. The van der Waals surface area contributed by atoms with E-state index in [0.29, 0.717) is 17.2 Å². The van der Waals surface area contributed by atoms with Gasteiger partial charge in [-0.3, -0.25) is 4.79 Å². The Morgan fingerprint density at radius 2 is 1.50 bits per heavy atom. The highest BCUT2D eigenvalue weighted by Gasteiger charge is 2.57. The molecule has 0 unspecified atom stereocenters. The number of benzene rings is 2. The molecule has 0 heterocycles. The van der Waals surface area contributed by atoms with E-state index in [2.05, 4.69) is 66.0 Å². The number of nitrogens with one attached hydrogen (secondary N) is 1. The molecular weight excluding hydrogens is 318 g/mol. The highest BCUT2D eigenvalue weighted by atomic mass is 16.2. The van der Waals surface area contributed by atoms with E-state index < -0.39 is 0 Å². The first-order valence-corrected chi connectivity index (χ1v) is 10.2. The first-order valence-electron chi connectivity index (χ1n) is 10.2. The van der Waals surface area contributed by atoms with E-state index in [1.807, 2.05) is 0 Å². The fraction of sp³-hybridized carbons (Fsp3) is 0.458. The summed E-state index contributed by atoms with van der Waals surface area (Å²) in [4.78, 5) is 12.6. The summed E-state index contributed by atoms with van der Waals surface area (Å²) in [6.07, 6.45) is 8.58. The predicted octanol–water partition coefficient (Wildman–Crippen LogP) is 5.30. The van der Waals surface area contributed by atoms with E-state index >= 15 is 0 Å². The van der Waals surface area contributed by atoms with Crippen LogP contribution in [-0.2, 0) is 4.79 Å². The van der Waals surface area contributed by atoms with Gasteiger partial charge in [0.2, 0.25) is 5.91 Å². The van der Waals surface area contributed by atoms with Crippen molar-refractivity contribution in [2.45, 2.75) is 50.9 Å². The van der Waals surface area contributed by atoms with Crippen LogP contribution < -0.4 is 5.32 Å². The highest BCUT2D eigenvalue weighted by molar-refractivity contribution is 5.82. The van der Waals surface area contributed by atoms with Crippen molar-refractivity contribution in [1.82, 2.24) is 5.32 Å². The fourth-order valence-electron chi connectivity index (χ4n) is 4.89. The van der Waals surface area contributed by atoms with Crippen LogP contribution in [0.4, 0.5) is 0 Å². The number of hydrogen-bond donors (Lipinski definition) is 1. The summed E-state index contributed by atoms with van der Waals surface area (Å²) in [5, 5.41) is 3.25. The molecule has 0 saturated heterocycles. The van der Waals surface area contributed by atoms with Crippen molar-refractivity contribution in [2.75, 3.05) is 6.54 Å². The lowest BCUT2D eigenvalue weighted by Gasteiger charge is -2.22. The van der Waals surface area contributed by atoms with E-state index in [1.165, 1.54) is 43.2 Å². The Balaban J connectivity index is 1.36. The summed E-state index contributed by atoms with van der Waals surface area (Å²) in [6.45, 7) is 0.750. The normalized spacial score (nSPS) is 20.9. The van der Waals surface area contributed by atoms with Gasteiger partial charge in [0.1, 0.15) is 0 Å². The zero-order valence-corrected chi connectivity index (χ0v) is 15.5. The van der Waals surface area contributed by atoms with E-state index in [-0.39, 0.29) is 5.92 Å². The van der Waals surface area contributed by atoms with E-state index in [0.717, 1.165) is 19.4 Å². The second kappa shape index (κ2) is 7.65. The van der Waals surface area contributed by atoms with Gasteiger partial charge in [0.15, 0.2) is 0 Å². The standard InChI is InChI=1S/C24H29NO/c26-23(22-18-24(22)15-8-3-9-16-24)25-17-14-21(19-10-4-1-5-11-19)20-12-6-2-7-13-20/h1-2,4-7,10-13,21-22H,3,8-9,14-18H2,(H,25,26)/t22-/m1/s1.